The Kier molecular flexibility index (Phi) is 8.34. The first kappa shape index (κ1) is 36.7. The highest BCUT2D eigenvalue weighted by atomic mass is 32.1. The Bertz CT molecular complexity index is 3690. The van der Waals surface area contributed by atoms with Gasteiger partial charge in [-0.15, -0.1) is 11.3 Å². The average Bonchev–Trinajstić information content (AvgIpc) is 4.03. The molecule has 2 nitrogen and oxygen atoms in total. The van der Waals surface area contributed by atoms with E-state index in [0.29, 0.717) is 0 Å². The highest BCUT2D eigenvalue weighted by Crippen LogP contribution is 2.57. The van der Waals surface area contributed by atoms with Gasteiger partial charge in [-0.2, -0.15) is 0 Å². The summed E-state index contributed by atoms with van der Waals surface area (Å²) in [6, 6.07) is 86.5. The van der Waals surface area contributed by atoms with Gasteiger partial charge in [0.25, 0.3) is 0 Å². The van der Waals surface area contributed by atoms with Crippen molar-refractivity contribution < 1.29 is 4.42 Å². The molecule has 0 spiro atoms. The molecule has 1 aliphatic rings. The van der Waals surface area contributed by atoms with Crippen molar-refractivity contribution in [2.45, 2.75) is 5.41 Å². The summed E-state index contributed by atoms with van der Waals surface area (Å²) in [5, 5.41) is 4.84. The summed E-state index contributed by atoms with van der Waals surface area (Å²) in [4.78, 5) is 2.40. The van der Waals surface area contributed by atoms with Gasteiger partial charge in [0, 0.05) is 48.0 Å². The van der Waals surface area contributed by atoms with Crippen molar-refractivity contribution in [3.63, 3.8) is 0 Å². The van der Waals surface area contributed by atoms with Gasteiger partial charge in [-0.1, -0.05) is 176 Å². The van der Waals surface area contributed by atoms with Crippen LogP contribution in [-0.2, 0) is 5.41 Å². The van der Waals surface area contributed by atoms with E-state index in [0.717, 1.165) is 39.0 Å². The minimum Gasteiger partial charge on any atom is -0.456 e. The molecule has 0 bridgehead atoms. The molecule has 64 heavy (non-hydrogen) atoms. The second-order valence-electron chi connectivity index (χ2n) is 16.8. The van der Waals surface area contributed by atoms with E-state index in [1.165, 1.54) is 75.8 Å². The zero-order valence-electron chi connectivity index (χ0n) is 34.8. The standard InChI is InChI=1S/C61H39NOS/c1-3-17-43(18-4-1)61(44-19-5-2-6-20-44)55-26-10-7-21-49(55)53-38-46(33-35-56(53)61)62(47-34-36-58-54(39-47)50-22-8-11-27-57(50)63-58)45-31-29-40(30-32-45)41-15-13-16-42(37-41)48-24-14-25-52-51-23-9-12-28-59(51)64-60(48)52/h1-39H. The smallest absolute Gasteiger partial charge is 0.135 e. The SMILES string of the molecule is c1ccc(C2(c3ccccc3)c3ccccc3-c3cc(N(c4ccc(-c5cccc(-c6cccc7c6sc6ccccc67)c5)cc4)c4ccc5oc6ccccc6c5c4)ccc32)cc1. The van der Waals surface area contributed by atoms with Crippen LogP contribution in [-0.4, -0.2) is 0 Å². The molecule has 2 aromatic heterocycles. The lowest BCUT2D eigenvalue weighted by Gasteiger charge is -2.34. The molecule has 0 amide bonds. The van der Waals surface area contributed by atoms with Crippen LogP contribution in [0.25, 0.3) is 75.5 Å². The number of hydrogen-bond acceptors (Lipinski definition) is 3. The third-order valence-corrected chi connectivity index (χ3v) is 14.6. The maximum Gasteiger partial charge on any atom is 0.135 e. The lowest BCUT2D eigenvalue weighted by Crippen LogP contribution is -2.28. The fourth-order valence-electron chi connectivity index (χ4n) is 10.5. The number of fused-ring (bicyclic) bond motifs is 9. The molecule has 0 saturated carbocycles. The van der Waals surface area contributed by atoms with Crippen LogP contribution in [0.2, 0.25) is 0 Å². The lowest BCUT2D eigenvalue weighted by molar-refractivity contribution is 0.669. The third kappa shape index (κ3) is 5.58. The summed E-state index contributed by atoms with van der Waals surface area (Å²) >= 11 is 1.88. The molecule has 0 atom stereocenters. The van der Waals surface area contributed by atoms with Gasteiger partial charge in [0.1, 0.15) is 11.2 Å². The Hall–Kier alpha value is -7.98. The number of furan rings is 1. The average molecular weight is 834 g/mol. The van der Waals surface area contributed by atoms with Crippen LogP contribution in [0.15, 0.2) is 241 Å². The quantitative estimate of drug-likeness (QED) is 0.159. The molecule has 0 aliphatic heterocycles. The number of para-hydroxylation sites is 1. The summed E-state index contributed by atoms with van der Waals surface area (Å²) in [5.74, 6) is 0. The largest absolute Gasteiger partial charge is 0.456 e. The van der Waals surface area contributed by atoms with Crippen LogP contribution in [0.4, 0.5) is 17.1 Å². The van der Waals surface area contributed by atoms with Crippen LogP contribution in [0.1, 0.15) is 22.3 Å². The van der Waals surface area contributed by atoms with Gasteiger partial charge in [0.05, 0.1) is 5.41 Å². The van der Waals surface area contributed by atoms with Crippen molar-refractivity contribution in [3.05, 3.63) is 259 Å². The Morgan fingerprint density at radius 1 is 0.344 bits per heavy atom. The topological polar surface area (TPSA) is 16.4 Å². The summed E-state index contributed by atoms with van der Waals surface area (Å²) < 4.78 is 8.98. The van der Waals surface area contributed by atoms with E-state index in [4.69, 9.17) is 4.42 Å². The summed E-state index contributed by atoms with van der Waals surface area (Å²) in [5.41, 5.74) is 17.0. The molecular formula is C61H39NOS. The molecule has 0 fully saturated rings. The molecule has 0 N–H and O–H groups in total. The van der Waals surface area contributed by atoms with Gasteiger partial charge >= 0.3 is 0 Å². The number of nitrogens with zero attached hydrogens (tertiary/aromatic N) is 1. The minimum absolute atomic E-state index is 0.467. The van der Waals surface area contributed by atoms with Crippen LogP contribution in [0.5, 0.6) is 0 Å². The first-order chi connectivity index (χ1) is 31.7. The molecule has 13 rings (SSSR count). The predicted molar refractivity (Wildman–Crippen MR) is 269 cm³/mol. The Morgan fingerprint density at radius 2 is 0.938 bits per heavy atom. The number of benzene rings is 10. The van der Waals surface area contributed by atoms with Crippen molar-refractivity contribution >= 4 is 70.5 Å². The van der Waals surface area contributed by atoms with E-state index in [1.807, 2.05) is 23.5 Å². The zero-order valence-corrected chi connectivity index (χ0v) is 35.6. The third-order valence-electron chi connectivity index (χ3n) is 13.4. The van der Waals surface area contributed by atoms with E-state index in [-0.39, 0.29) is 0 Å². The Morgan fingerprint density at radius 3 is 1.77 bits per heavy atom. The van der Waals surface area contributed by atoms with Crippen molar-refractivity contribution in [1.29, 1.82) is 0 Å². The number of rotatable bonds is 7. The van der Waals surface area contributed by atoms with E-state index in [1.54, 1.807) is 0 Å². The van der Waals surface area contributed by atoms with Crippen LogP contribution in [0.3, 0.4) is 0 Å². The van der Waals surface area contributed by atoms with Gasteiger partial charge in [-0.25, -0.2) is 0 Å². The second kappa shape index (κ2) is 14.6. The lowest BCUT2D eigenvalue weighted by atomic mass is 9.68. The second-order valence-corrected chi connectivity index (χ2v) is 17.8. The molecular weight excluding hydrogens is 795 g/mol. The Labute approximate surface area is 375 Å². The van der Waals surface area contributed by atoms with E-state index in [2.05, 4.69) is 229 Å². The van der Waals surface area contributed by atoms with Gasteiger partial charge in [-0.05, 0) is 116 Å². The maximum atomic E-state index is 6.33. The summed E-state index contributed by atoms with van der Waals surface area (Å²) in [7, 11) is 0. The monoisotopic (exact) mass is 833 g/mol. The first-order valence-electron chi connectivity index (χ1n) is 21.9. The van der Waals surface area contributed by atoms with Gasteiger partial charge in [0.2, 0.25) is 0 Å². The van der Waals surface area contributed by atoms with Gasteiger partial charge in [0.15, 0.2) is 0 Å². The molecule has 10 aromatic carbocycles. The summed E-state index contributed by atoms with van der Waals surface area (Å²) in [6.45, 7) is 0. The predicted octanol–water partition coefficient (Wildman–Crippen LogP) is 17.1. The van der Waals surface area contributed by atoms with Crippen molar-refractivity contribution in [2.24, 2.45) is 0 Å². The van der Waals surface area contributed by atoms with Crippen molar-refractivity contribution in [2.75, 3.05) is 4.90 Å². The van der Waals surface area contributed by atoms with Crippen LogP contribution >= 0.6 is 11.3 Å². The molecule has 300 valence electrons. The molecule has 3 heteroatoms. The van der Waals surface area contributed by atoms with Crippen LogP contribution < -0.4 is 4.90 Å². The van der Waals surface area contributed by atoms with E-state index in [9.17, 15) is 0 Å². The Balaban J connectivity index is 0.964. The molecule has 0 radical (unpaired) electrons. The fourth-order valence-corrected chi connectivity index (χ4v) is 11.8. The normalized spacial score (nSPS) is 12.8. The maximum absolute atomic E-state index is 6.33. The number of hydrogen-bond donors (Lipinski definition) is 0. The molecule has 12 aromatic rings. The van der Waals surface area contributed by atoms with Crippen molar-refractivity contribution in [1.82, 2.24) is 0 Å². The van der Waals surface area contributed by atoms with Crippen LogP contribution in [0, 0.1) is 0 Å². The minimum atomic E-state index is -0.467. The number of anilines is 3. The number of thiophene rings is 1. The van der Waals surface area contributed by atoms with E-state index < -0.39 is 5.41 Å². The molecule has 0 saturated heterocycles. The van der Waals surface area contributed by atoms with E-state index >= 15 is 0 Å². The fraction of sp³-hybridized carbons (Fsp3) is 0.0164. The van der Waals surface area contributed by atoms with Crippen molar-refractivity contribution in [3.8, 4) is 33.4 Å². The molecule has 0 unspecified atom stereocenters. The highest BCUT2D eigenvalue weighted by Gasteiger charge is 2.46. The van der Waals surface area contributed by atoms with Gasteiger partial charge < -0.3 is 9.32 Å². The molecule has 2 heterocycles. The molecule has 1 aliphatic carbocycles. The highest BCUT2D eigenvalue weighted by molar-refractivity contribution is 7.26. The van der Waals surface area contributed by atoms with Gasteiger partial charge in [-0.3, -0.25) is 0 Å². The first-order valence-corrected chi connectivity index (χ1v) is 22.7. The summed E-state index contributed by atoms with van der Waals surface area (Å²) in [6.07, 6.45) is 0. The zero-order chi connectivity index (χ0) is 42.2.